The molecule has 0 amide bonds. The molecule has 128 valence electrons. The van der Waals surface area contributed by atoms with E-state index in [1.54, 1.807) is 11.8 Å². The first kappa shape index (κ1) is 16.1. The van der Waals surface area contributed by atoms with Crippen molar-refractivity contribution in [2.75, 3.05) is 18.0 Å². The molecule has 1 aliphatic heterocycles. The predicted octanol–water partition coefficient (Wildman–Crippen LogP) is 3.88. The van der Waals surface area contributed by atoms with E-state index in [0.717, 1.165) is 48.5 Å². The Hall–Kier alpha value is -2.34. The Morgan fingerprint density at radius 1 is 1.04 bits per heavy atom. The van der Waals surface area contributed by atoms with Crippen LogP contribution in [-0.4, -0.2) is 33.0 Å². The number of piperidine rings is 1. The number of imidazole rings is 1. The third kappa shape index (κ3) is 4.02. The number of thioether (sulfide) groups is 1. The smallest absolute Gasteiger partial charge is 0.226 e. The van der Waals surface area contributed by atoms with E-state index in [1.807, 2.05) is 30.7 Å². The third-order valence-electron chi connectivity index (χ3n) is 4.53. The predicted molar refractivity (Wildman–Crippen MR) is 101 cm³/mol. The molecule has 0 radical (unpaired) electrons. The van der Waals surface area contributed by atoms with Crippen LogP contribution >= 0.6 is 11.8 Å². The van der Waals surface area contributed by atoms with Crippen molar-refractivity contribution < 1.29 is 0 Å². The summed E-state index contributed by atoms with van der Waals surface area (Å²) >= 11 is 1.76. The number of aromatic nitrogens is 4. The van der Waals surface area contributed by atoms with Gasteiger partial charge in [-0.3, -0.25) is 0 Å². The molecular formula is C19H21N5S. The molecule has 1 fully saturated rings. The molecule has 2 aromatic heterocycles. The van der Waals surface area contributed by atoms with E-state index in [1.165, 1.54) is 5.56 Å². The van der Waals surface area contributed by atoms with E-state index in [0.29, 0.717) is 5.92 Å². The SMILES string of the molecule is c1ccc(CSc2ccnc(N3CCC(c4ncc[nH]4)CC3)n2)cc1. The lowest BCUT2D eigenvalue weighted by Crippen LogP contribution is -2.34. The fraction of sp³-hybridized carbons (Fsp3) is 0.316. The van der Waals surface area contributed by atoms with Crippen LogP contribution in [-0.2, 0) is 5.75 Å². The Balaban J connectivity index is 1.37. The van der Waals surface area contributed by atoms with E-state index in [9.17, 15) is 0 Å². The van der Waals surface area contributed by atoms with Crippen LogP contribution in [0.5, 0.6) is 0 Å². The second kappa shape index (κ2) is 7.70. The monoisotopic (exact) mass is 351 g/mol. The minimum Gasteiger partial charge on any atom is -0.348 e. The van der Waals surface area contributed by atoms with Crippen molar-refractivity contribution in [1.82, 2.24) is 19.9 Å². The summed E-state index contributed by atoms with van der Waals surface area (Å²) in [4.78, 5) is 19.2. The van der Waals surface area contributed by atoms with Crippen molar-refractivity contribution in [1.29, 1.82) is 0 Å². The molecule has 0 spiro atoms. The van der Waals surface area contributed by atoms with E-state index >= 15 is 0 Å². The second-order valence-electron chi connectivity index (χ2n) is 6.20. The van der Waals surface area contributed by atoms with Crippen LogP contribution in [0.1, 0.15) is 30.1 Å². The molecule has 5 nitrogen and oxygen atoms in total. The molecule has 0 atom stereocenters. The number of hydrogen-bond acceptors (Lipinski definition) is 5. The van der Waals surface area contributed by atoms with Crippen molar-refractivity contribution in [3.8, 4) is 0 Å². The highest BCUT2D eigenvalue weighted by molar-refractivity contribution is 7.98. The minimum absolute atomic E-state index is 0.516. The van der Waals surface area contributed by atoms with Crippen LogP contribution in [0.4, 0.5) is 5.95 Å². The molecule has 1 aromatic carbocycles. The molecule has 0 saturated carbocycles. The summed E-state index contributed by atoms with van der Waals surface area (Å²) in [6.45, 7) is 1.94. The summed E-state index contributed by atoms with van der Waals surface area (Å²) in [6.07, 6.45) is 7.77. The maximum Gasteiger partial charge on any atom is 0.226 e. The lowest BCUT2D eigenvalue weighted by atomic mass is 9.96. The summed E-state index contributed by atoms with van der Waals surface area (Å²) in [7, 11) is 0. The largest absolute Gasteiger partial charge is 0.348 e. The molecule has 1 N–H and O–H groups in total. The number of hydrogen-bond donors (Lipinski definition) is 1. The highest BCUT2D eigenvalue weighted by Crippen LogP contribution is 2.28. The van der Waals surface area contributed by atoms with Gasteiger partial charge in [-0.15, -0.1) is 11.8 Å². The lowest BCUT2D eigenvalue weighted by molar-refractivity contribution is 0.483. The molecule has 3 aromatic rings. The normalized spacial score (nSPS) is 15.4. The van der Waals surface area contributed by atoms with Crippen LogP contribution in [0.3, 0.4) is 0 Å². The highest BCUT2D eigenvalue weighted by atomic mass is 32.2. The number of benzene rings is 1. The standard InChI is InChI=1S/C19H21N5S/c1-2-4-15(5-3-1)14-25-17-6-9-22-19(23-17)24-12-7-16(8-13-24)18-20-10-11-21-18/h1-6,9-11,16H,7-8,12-14H2,(H,20,21). The van der Waals surface area contributed by atoms with Crippen molar-refractivity contribution in [2.45, 2.75) is 29.5 Å². The van der Waals surface area contributed by atoms with Gasteiger partial charge in [0.05, 0.1) is 0 Å². The number of nitrogens with one attached hydrogen (secondary N) is 1. The molecule has 0 bridgehead atoms. The third-order valence-corrected chi connectivity index (χ3v) is 5.53. The molecule has 6 heteroatoms. The quantitative estimate of drug-likeness (QED) is 0.558. The molecule has 3 heterocycles. The van der Waals surface area contributed by atoms with Gasteiger partial charge in [-0.25, -0.2) is 15.0 Å². The summed E-state index contributed by atoms with van der Waals surface area (Å²) in [5, 5.41) is 1.03. The summed E-state index contributed by atoms with van der Waals surface area (Å²) in [5.74, 6) is 3.39. The fourth-order valence-corrected chi connectivity index (χ4v) is 3.96. The second-order valence-corrected chi connectivity index (χ2v) is 7.20. The molecule has 1 saturated heterocycles. The fourth-order valence-electron chi connectivity index (χ4n) is 3.15. The van der Waals surface area contributed by atoms with Crippen molar-refractivity contribution in [2.24, 2.45) is 0 Å². The molecular weight excluding hydrogens is 330 g/mol. The number of aromatic amines is 1. The maximum atomic E-state index is 4.75. The molecule has 1 aliphatic rings. The molecule has 4 rings (SSSR count). The van der Waals surface area contributed by atoms with Crippen LogP contribution in [0, 0.1) is 0 Å². The highest BCUT2D eigenvalue weighted by Gasteiger charge is 2.23. The van der Waals surface area contributed by atoms with Crippen LogP contribution in [0.15, 0.2) is 60.0 Å². The van der Waals surface area contributed by atoms with Crippen LogP contribution in [0.25, 0.3) is 0 Å². The van der Waals surface area contributed by atoms with Crippen molar-refractivity contribution in [3.63, 3.8) is 0 Å². The van der Waals surface area contributed by atoms with Gasteiger partial charge in [0.2, 0.25) is 5.95 Å². The molecule has 0 aliphatic carbocycles. The minimum atomic E-state index is 0.516. The topological polar surface area (TPSA) is 57.7 Å². The van der Waals surface area contributed by atoms with E-state index in [-0.39, 0.29) is 0 Å². The number of rotatable bonds is 5. The lowest BCUT2D eigenvalue weighted by Gasteiger charge is -2.31. The number of nitrogens with zero attached hydrogens (tertiary/aromatic N) is 4. The average molecular weight is 351 g/mol. The van der Waals surface area contributed by atoms with Gasteiger partial charge in [0.25, 0.3) is 0 Å². The van der Waals surface area contributed by atoms with Crippen molar-refractivity contribution in [3.05, 3.63) is 66.4 Å². The zero-order chi connectivity index (χ0) is 16.9. The Kier molecular flexibility index (Phi) is 4.97. The first-order chi connectivity index (χ1) is 12.4. The Bertz CT molecular complexity index is 783. The van der Waals surface area contributed by atoms with Gasteiger partial charge < -0.3 is 9.88 Å². The maximum absolute atomic E-state index is 4.75. The van der Waals surface area contributed by atoms with Crippen LogP contribution in [0.2, 0.25) is 0 Å². The molecule has 0 unspecified atom stereocenters. The zero-order valence-electron chi connectivity index (χ0n) is 14.0. The van der Waals surface area contributed by atoms with Gasteiger partial charge in [0.15, 0.2) is 0 Å². The van der Waals surface area contributed by atoms with Gasteiger partial charge in [0.1, 0.15) is 10.9 Å². The van der Waals surface area contributed by atoms with E-state index in [4.69, 9.17) is 4.98 Å². The van der Waals surface area contributed by atoms with Crippen LogP contribution < -0.4 is 4.90 Å². The van der Waals surface area contributed by atoms with E-state index < -0.39 is 0 Å². The van der Waals surface area contributed by atoms with Crippen molar-refractivity contribution >= 4 is 17.7 Å². The van der Waals surface area contributed by atoms with Gasteiger partial charge in [-0.2, -0.15) is 0 Å². The summed E-state index contributed by atoms with van der Waals surface area (Å²) in [5.41, 5.74) is 1.31. The Labute approximate surface area is 151 Å². The average Bonchev–Trinajstić information content (AvgIpc) is 3.22. The van der Waals surface area contributed by atoms with Gasteiger partial charge in [0, 0.05) is 43.4 Å². The molecule has 25 heavy (non-hydrogen) atoms. The summed E-state index contributed by atoms with van der Waals surface area (Å²) in [6, 6.07) is 12.5. The van der Waals surface area contributed by atoms with Gasteiger partial charge >= 0.3 is 0 Å². The number of anilines is 1. The first-order valence-electron chi connectivity index (χ1n) is 8.62. The number of H-pyrrole nitrogens is 1. The summed E-state index contributed by atoms with van der Waals surface area (Å²) < 4.78 is 0. The Morgan fingerprint density at radius 3 is 2.64 bits per heavy atom. The van der Waals surface area contributed by atoms with Gasteiger partial charge in [-0.1, -0.05) is 30.3 Å². The zero-order valence-corrected chi connectivity index (χ0v) is 14.8. The first-order valence-corrected chi connectivity index (χ1v) is 9.61. The van der Waals surface area contributed by atoms with Gasteiger partial charge in [-0.05, 0) is 24.5 Å². The van der Waals surface area contributed by atoms with E-state index in [2.05, 4.69) is 44.1 Å². The Morgan fingerprint density at radius 2 is 1.88 bits per heavy atom.